The van der Waals surface area contributed by atoms with Crippen molar-refractivity contribution in [2.24, 2.45) is 0 Å². The van der Waals surface area contributed by atoms with E-state index in [0.717, 1.165) is 29.9 Å². The molecular weight excluding hydrogens is 250 g/mol. The summed E-state index contributed by atoms with van der Waals surface area (Å²) in [5.41, 5.74) is 2.68. The van der Waals surface area contributed by atoms with E-state index >= 15 is 0 Å². The van der Waals surface area contributed by atoms with Crippen LogP contribution in [0.4, 0.5) is 0 Å². The number of rotatable bonds is 2. The minimum atomic E-state index is 0.301. The average molecular weight is 269 g/mol. The van der Waals surface area contributed by atoms with Crippen molar-refractivity contribution in [1.82, 2.24) is 9.55 Å². The zero-order chi connectivity index (χ0) is 14.3. The van der Waals surface area contributed by atoms with Crippen LogP contribution in [0.5, 0.6) is 0 Å². The van der Waals surface area contributed by atoms with Gasteiger partial charge in [0.15, 0.2) is 0 Å². The van der Waals surface area contributed by atoms with Crippen molar-refractivity contribution in [3.63, 3.8) is 0 Å². The van der Waals surface area contributed by atoms with Crippen molar-refractivity contribution < 1.29 is 4.74 Å². The summed E-state index contributed by atoms with van der Waals surface area (Å²) in [4.78, 5) is 4.79. The third-order valence-corrected chi connectivity index (χ3v) is 3.93. The number of aromatic nitrogens is 2. The largest absolute Gasteiger partial charge is 0.378 e. The highest BCUT2D eigenvalue weighted by molar-refractivity contribution is 5.78. The fourth-order valence-electron chi connectivity index (χ4n) is 3.01. The zero-order valence-electron chi connectivity index (χ0n) is 12.1. The summed E-state index contributed by atoms with van der Waals surface area (Å²) in [7, 11) is 0. The molecule has 0 aliphatic carbocycles. The van der Waals surface area contributed by atoms with Crippen molar-refractivity contribution in [3.8, 4) is 6.07 Å². The van der Waals surface area contributed by atoms with E-state index in [1.54, 1.807) is 0 Å². The molecule has 1 aromatic heterocycles. The highest BCUT2D eigenvalue weighted by Gasteiger charge is 2.29. The fraction of sp³-hybridized carbons (Fsp3) is 0.500. The average Bonchev–Trinajstić information content (AvgIpc) is 3.00. The first-order valence-electron chi connectivity index (χ1n) is 7.13. The standard InChI is InChI=1S/C16H19N3O/c1-10(2)19-15-5-4-12(8-17)7-14(15)18-16(19)13-6-11(3)20-9-13/h4-5,7,10-11,13H,6,9H2,1-3H3. The summed E-state index contributed by atoms with van der Waals surface area (Å²) in [6.45, 7) is 7.18. The Hall–Kier alpha value is -1.86. The monoisotopic (exact) mass is 269 g/mol. The molecule has 1 saturated heterocycles. The predicted molar refractivity (Wildman–Crippen MR) is 77.6 cm³/mol. The van der Waals surface area contributed by atoms with Gasteiger partial charge in [-0.1, -0.05) is 0 Å². The Morgan fingerprint density at radius 3 is 2.85 bits per heavy atom. The molecule has 1 aliphatic heterocycles. The van der Waals surface area contributed by atoms with Crippen LogP contribution < -0.4 is 0 Å². The zero-order valence-corrected chi connectivity index (χ0v) is 12.1. The van der Waals surface area contributed by atoms with Crippen molar-refractivity contribution in [2.75, 3.05) is 6.61 Å². The van der Waals surface area contributed by atoms with Crippen LogP contribution in [0.25, 0.3) is 11.0 Å². The quantitative estimate of drug-likeness (QED) is 0.839. The minimum Gasteiger partial charge on any atom is -0.378 e. The molecule has 20 heavy (non-hydrogen) atoms. The molecule has 104 valence electrons. The number of nitrogens with zero attached hydrogens (tertiary/aromatic N) is 3. The summed E-state index contributed by atoms with van der Waals surface area (Å²) >= 11 is 0. The normalized spacial score (nSPS) is 22.6. The summed E-state index contributed by atoms with van der Waals surface area (Å²) in [6.07, 6.45) is 1.32. The van der Waals surface area contributed by atoms with Gasteiger partial charge in [0.05, 0.1) is 35.4 Å². The summed E-state index contributed by atoms with van der Waals surface area (Å²) < 4.78 is 7.97. The van der Waals surface area contributed by atoms with Crippen LogP contribution in [0.1, 0.15) is 50.5 Å². The smallest absolute Gasteiger partial charge is 0.115 e. The van der Waals surface area contributed by atoms with Crippen LogP contribution in [0.15, 0.2) is 18.2 Å². The van der Waals surface area contributed by atoms with Crippen molar-refractivity contribution in [3.05, 3.63) is 29.6 Å². The van der Waals surface area contributed by atoms with Gasteiger partial charge in [-0.2, -0.15) is 5.26 Å². The van der Waals surface area contributed by atoms with Gasteiger partial charge in [-0.15, -0.1) is 0 Å². The molecule has 2 aromatic rings. The first-order valence-corrected chi connectivity index (χ1v) is 7.13. The maximum absolute atomic E-state index is 9.02. The lowest BCUT2D eigenvalue weighted by Gasteiger charge is -2.16. The third kappa shape index (κ3) is 2.08. The van der Waals surface area contributed by atoms with Crippen molar-refractivity contribution in [2.45, 2.75) is 45.3 Å². The molecular formula is C16H19N3O. The van der Waals surface area contributed by atoms with E-state index in [2.05, 4.69) is 31.4 Å². The Bertz CT molecular complexity index is 681. The first-order chi connectivity index (χ1) is 9.60. The lowest BCUT2D eigenvalue weighted by molar-refractivity contribution is 0.123. The van der Waals surface area contributed by atoms with E-state index in [1.165, 1.54) is 0 Å². The Labute approximate surface area is 119 Å². The molecule has 2 atom stereocenters. The number of nitriles is 1. The molecule has 4 heteroatoms. The van der Waals surface area contributed by atoms with Gasteiger partial charge < -0.3 is 9.30 Å². The first kappa shape index (κ1) is 13.1. The number of benzene rings is 1. The van der Waals surface area contributed by atoms with E-state index < -0.39 is 0 Å². The van der Waals surface area contributed by atoms with Gasteiger partial charge in [0.2, 0.25) is 0 Å². The Morgan fingerprint density at radius 1 is 1.45 bits per heavy atom. The van der Waals surface area contributed by atoms with Gasteiger partial charge in [0.25, 0.3) is 0 Å². The molecule has 0 N–H and O–H groups in total. The molecule has 1 aromatic carbocycles. The maximum Gasteiger partial charge on any atom is 0.115 e. The highest BCUT2D eigenvalue weighted by atomic mass is 16.5. The van der Waals surface area contributed by atoms with Gasteiger partial charge >= 0.3 is 0 Å². The number of hydrogen-bond donors (Lipinski definition) is 0. The molecule has 4 nitrogen and oxygen atoms in total. The van der Waals surface area contributed by atoms with Crippen LogP contribution in [-0.2, 0) is 4.74 Å². The molecule has 0 radical (unpaired) electrons. The molecule has 2 unspecified atom stereocenters. The molecule has 0 bridgehead atoms. The molecule has 0 amide bonds. The Morgan fingerprint density at radius 2 is 2.25 bits per heavy atom. The second kappa shape index (κ2) is 4.92. The number of hydrogen-bond acceptors (Lipinski definition) is 3. The van der Waals surface area contributed by atoms with Crippen LogP contribution in [0.2, 0.25) is 0 Å². The van der Waals surface area contributed by atoms with Gasteiger partial charge in [-0.3, -0.25) is 0 Å². The molecule has 2 heterocycles. The van der Waals surface area contributed by atoms with E-state index in [-0.39, 0.29) is 0 Å². The molecule has 1 fully saturated rings. The van der Waals surface area contributed by atoms with Crippen LogP contribution in [-0.4, -0.2) is 22.3 Å². The SMILES string of the molecule is CC1CC(c2nc3cc(C#N)ccc3n2C(C)C)CO1. The topological polar surface area (TPSA) is 50.8 Å². The fourth-order valence-corrected chi connectivity index (χ4v) is 3.01. The third-order valence-electron chi connectivity index (χ3n) is 3.93. The molecule has 0 spiro atoms. The van der Waals surface area contributed by atoms with Gasteiger partial charge in [0, 0.05) is 12.0 Å². The van der Waals surface area contributed by atoms with Crippen LogP contribution in [0.3, 0.4) is 0 Å². The lowest BCUT2D eigenvalue weighted by atomic mass is 10.1. The van der Waals surface area contributed by atoms with Gasteiger partial charge in [0.1, 0.15) is 5.82 Å². The van der Waals surface area contributed by atoms with E-state index in [0.29, 0.717) is 23.6 Å². The predicted octanol–water partition coefficient (Wildman–Crippen LogP) is 3.38. The number of fused-ring (bicyclic) bond motifs is 1. The molecule has 3 rings (SSSR count). The highest BCUT2D eigenvalue weighted by Crippen LogP contribution is 2.33. The van der Waals surface area contributed by atoms with E-state index in [9.17, 15) is 0 Å². The van der Waals surface area contributed by atoms with E-state index in [4.69, 9.17) is 15.0 Å². The summed E-state index contributed by atoms with van der Waals surface area (Å²) in [5, 5.41) is 9.02. The second-order valence-electron chi connectivity index (χ2n) is 5.83. The molecule has 0 saturated carbocycles. The maximum atomic E-state index is 9.02. The van der Waals surface area contributed by atoms with E-state index in [1.807, 2.05) is 18.2 Å². The Kier molecular flexibility index (Phi) is 3.23. The summed E-state index contributed by atoms with van der Waals surface area (Å²) in [6, 6.07) is 8.26. The lowest BCUT2D eigenvalue weighted by Crippen LogP contribution is -2.11. The second-order valence-corrected chi connectivity index (χ2v) is 5.83. The van der Waals surface area contributed by atoms with Crippen molar-refractivity contribution >= 4 is 11.0 Å². The van der Waals surface area contributed by atoms with Crippen molar-refractivity contribution in [1.29, 1.82) is 5.26 Å². The van der Waals surface area contributed by atoms with Crippen LogP contribution in [0, 0.1) is 11.3 Å². The number of ether oxygens (including phenoxy) is 1. The molecule has 1 aliphatic rings. The van der Waals surface area contributed by atoms with Gasteiger partial charge in [-0.05, 0) is 45.4 Å². The summed E-state index contributed by atoms with van der Waals surface area (Å²) in [5.74, 6) is 1.44. The van der Waals surface area contributed by atoms with Gasteiger partial charge in [-0.25, -0.2) is 4.98 Å². The minimum absolute atomic E-state index is 0.301. The number of imidazole rings is 1. The Balaban J connectivity index is 2.15. The van der Waals surface area contributed by atoms with Crippen LogP contribution >= 0.6 is 0 Å².